The molecule has 0 atom stereocenters. The zero-order valence-electron chi connectivity index (χ0n) is 12.4. The average Bonchev–Trinajstić information content (AvgIpc) is 3.32. The molecule has 0 unspecified atom stereocenters. The Morgan fingerprint density at radius 3 is 2.57 bits per heavy atom. The minimum Gasteiger partial charge on any atom is -0.283 e. The monoisotopic (exact) mass is 334 g/mol. The van der Waals surface area contributed by atoms with Crippen LogP contribution in [0.3, 0.4) is 0 Å². The molecule has 0 spiro atoms. The Labute approximate surface area is 136 Å². The second kappa shape index (κ2) is 6.41. The van der Waals surface area contributed by atoms with Crippen molar-refractivity contribution in [2.75, 3.05) is 6.26 Å². The molecule has 1 aliphatic rings. The standard InChI is InChI=1S/C15H15FN4O2S/c1-23-15-17-8-12(14(22)19-18-13(21)9-2-3-9)20(15)11-6-4-10(16)5-7-11/h4-9H,2-3H2,1H3,(H,18,21)(H,19,22). The van der Waals surface area contributed by atoms with Crippen molar-refractivity contribution in [1.82, 2.24) is 20.4 Å². The van der Waals surface area contributed by atoms with Crippen LogP contribution in [0, 0.1) is 11.7 Å². The summed E-state index contributed by atoms with van der Waals surface area (Å²) in [5.74, 6) is -1.02. The van der Waals surface area contributed by atoms with E-state index in [0.29, 0.717) is 10.8 Å². The van der Waals surface area contributed by atoms with Gasteiger partial charge in [-0.25, -0.2) is 9.37 Å². The van der Waals surface area contributed by atoms with E-state index in [4.69, 9.17) is 0 Å². The molecule has 1 fully saturated rings. The highest BCUT2D eigenvalue weighted by Gasteiger charge is 2.30. The summed E-state index contributed by atoms with van der Waals surface area (Å²) in [7, 11) is 0. The Morgan fingerprint density at radius 2 is 1.96 bits per heavy atom. The number of hydrogen-bond acceptors (Lipinski definition) is 4. The normalized spacial score (nSPS) is 13.7. The number of imidazole rings is 1. The van der Waals surface area contributed by atoms with Gasteiger partial charge in [-0.1, -0.05) is 11.8 Å². The topological polar surface area (TPSA) is 76.0 Å². The highest BCUT2D eigenvalue weighted by Crippen LogP contribution is 2.28. The van der Waals surface area contributed by atoms with E-state index < -0.39 is 5.91 Å². The first kappa shape index (κ1) is 15.5. The van der Waals surface area contributed by atoms with E-state index in [1.54, 1.807) is 16.7 Å². The molecule has 23 heavy (non-hydrogen) atoms. The molecular formula is C15H15FN4O2S. The van der Waals surface area contributed by atoms with Crippen LogP contribution in [0.4, 0.5) is 4.39 Å². The average molecular weight is 334 g/mol. The Morgan fingerprint density at radius 1 is 1.26 bits per heavy atom. The first-order valence-corrected chi connectivity index (χ1v) is 8.30. The van der Waals surface area contributed by atoms with Crippen molar-refractivity contribution in [1.29, 1.82) is 0 Å². The summed E-state index contributed by atoms with van der Waals surface area (Å²) in [6.45, 7) is 0. The summed E-state index contributed by atoms with van der Waals surface area (Å²) in [6.07, 6.45) is 4.96. The first-order chi connectivity index (χ1) is 11.1. The van der Waals surface area contributed by atoms with Crippen LogP contribution >= 0.6 is 11.8 Å². The van der Waals surface area contributed by atoms with Crippen LogP contribution in [-0.4, -0.2) is 27.6 Å². The molecule has 1 aliphatic carbocycles. The predicted octanol–water partition coefficient (Wildman–Crippen LogP) is 1.90. The molecule has 6 nitrogen and oxygen atoms in total. The second-order valence-electron chi connectivity index (χ2n) is 5.16. The van der Waals surface area contributed by atoms with E-state index in [2.05, 4.69) is 15.8 Å². The lowest BCUT2D eigenvalue weighted by atomic mass is 10.3. The van der Waals surface area contributed by atoms with Gasteiger partial charge in [-0.15, -0.1) is 0 Å². The fourth-order valence-electron chi connectivity index (χ4n) is 2.11. The van der Waals surface area contributed by atoms with Crippen molar-refractivity contribution in [2.24, 2.45) is 5.92 Å². The highest BCUT2D eigenvalue weighted by atomic mass is 32.2. The third kappa shape index (κ3) is 3.37. The molecule has 0 radical (unpaired) electrons. The summed E-state index contributed by atoms with van der Waals surface area (Å²) >= 11 is 1.36. The SMILES string of the molecule is CSc1ncc(C(=O)NNC(=O)C2CC2)n1-c1ccc(F)cc1. The fraction of sp³-hybridized carbons (Fsp3) is 0.267. The zero-order chi connectivity index (χ0) is 16.4. The van der Waals surface area contributed by atoms with Gasteiger partial charge >= 0.3 is 0 Å². The number of benzene rings is 1. The summed E-state index contributed by atoms with van der Waals surface area (Å²) in [5.41, 5.74) is 5.69. The minimum atomic E-state index is -0.476. The van der Waals surface area contributed by atoms with E-state index in [9.17, 15) is 14.0 Å². The molecule has 1 aromatic heterocycles. The van der Waals surface area contributed by atoms with E-state index in [0.717, 1.165) is 12.8 Å². The van der Waals surface area contributed by atoms with Gasteiger partial charge in [-0.2, -0.15) is 0 Å². The summed E-state index contributed by atoms with van der Waals surface area (Å²) < 4.78 is 14.7. The first-order valence-electron chi connectivity index (χ1n) is 7.08. The largest absolute Gasteiger partial charge is 0.288 e. The maximum atomic E-state index is 13.1. The molecule has 0 saturated heterocycles. The van der Waals surface area contributed by atoms with E-state index in [1.165, 1.54) is 30.1 Å². The van der Waals surface area contributed by atoms with Crippen molar-refractivity contribution in [3.63, 3.8) is 0 Å². The number of carbonyl (C=O) groups excluding carboxylic acids is 2. The lowest BCUT2D eigenvalue weighted by Crippen LogP contribution is -2.43. The molecule has 8 heteroatoms. The third-order valence-electron chi connectivity index (χ3n) is 3.48. The van der Waals surface area contributed by atoms with Crippen molar-refractivity contribution in [2.45, 2.75) is 18.0 Å². The van der Waals surface area contributed by atoms with Crippen molar-refractivity contribution >= 4 is 23.6 Å². The molecule has 0 bridgehead atoms. The van der Waals surface area contributed by atoms with Gasteiger partial charge in [0.15, 0.2) is 5.16 Å². The van der Waals surface area contributed by atoms with Gasteiger partial charge in [0, 0.05) is 11.6 Å². The zero-order valence-corrected chi connectivity index (χ0v) is 13.2. The van der Waals surface area contributed by atoms with E-state index >= 15 is 0 Å². The van der Waals surface area contributed by atoms with Gasteiger partial charge in [-0.3, -0.25) is 25.0 Å². The fourth-order valence-corrected chi connectivity index (χ4v) is 2.65. The van der Waals surface area contributed by atoms with Crippen LogP contribution in [0.15, 0.2) is 35.6 Å². The van der Waals surface area contributed by atoms with Gasteiger partial charge in [0.05, 0.1) is 6.20 Å². The predicted molar refractivity (Wildman–Crippen MR) is 83.6 cm³/mol. The van der Waals surface area contributed by atoms with Gasteiger partial charge in [0.25, 0.3) is 5.91 Å². The summed E-state index contributed by atoms with van der Waals surface area (Å²) in [4.78, 5) is 28.1. The summed E-state index contributed by atoms with van der Waals surface area (Å²) in [5, 5.41) is 0.593. The van der Waals surface area contributed by atoms with Gasteiger partial charge in [0.1, 0.15) is 11.5 Å². The van der Waals surface area contributed by atoms with Crippen LogP contribution in [0.25, 0.3) is 5.69 Å². The number of carbonyl (C=O) groups is 2. The van der Waals surface area contributed by atoms with Crippen LogP contribution in [0.2, 0.25) is 0 Å². The Kier molecular flexibility index (Phi) is 4.33. The Hall–Kier alpha value is -2.35. The van der Waals surface area contributed by atoms with Gasteiger partial charge < -0.3 is 0 Å². The number of amides is 2. The van der Waals surface area contributed by atoms with Crippen molar-refractivity contribution in [3.05, 3.63) is 42.0 Å². The van der Waals surface area contributed by atoms with Crippen LogP contribution in [0.5, 0.6) is 0 Å². The van der Waals surface area contributed by atoms with Crippen LogP contribution in [-0.2, 0) is 4.79 Å². The minimum absolute atomic E-state index is 0.000863. The Balaban J connectivity index is 1.83. The molecule has 2 N–H and O–H groups in total. The molecule has 120 valence electrons. The molecule has 0 aliphatic heterocycles. The van der Waals surface area contributed by atoms with Crippen molar-refractivity contribution < 1.29 is 14.0 Å². The number of hydrogen-bond donors (Lipinski definition) is 2. The van der Waals surface area contributed by atoms with Crippen LogP contribution in [0.1, 0.15) is 23.3 Å². The number of thioether (sulfide) groups is 1. The lowest BCUT2D eigenvalue weighted by molar-refractivity contribution is -0.123. The second-order valence-corrected chi connectivity index (χ2v) is 5.93. The van der Waals surface area contributed by atoms with Crippen LogP contribution < -0.4 is 10.9 Å². The van der Waals surface area contributed by atoms with E-state index in [1.807, 2.05) is 6.26 Å². The molecule has 1 aromatic carbocycles. The smallest absolute Gasteiger partial charge is 0.283 e. The number of rotatable bonds is 4. The van der Waals surface area contributed by atoms with Crippen molar-refractivity contribution in [3.8, 4) is 5.69 Å². The highest BCUT2D eigenvalue weighted by molar-refractivity contribution is 7.98. The Bertz CT molecular complexity index is 740. The van der Waals surface area contributed by atoms with Gasteiger partial charge in [-0.05, 0) is 43.4 Å². The summed E-state index contributed by atoms with van der Waals surface area (Å²) in [6, 6.07) is 5.76. The van der Waals surface area contributed by atoms with E-state index in [-0.39, 0.29) is 23.3 Å². The molecule has 2 aromatic rings. The third-order valence-corrected chi connectivity index (χ3v) is 4.13. The number of aromatic nitrogens is 2. The molecule has 1 heterocycles. The maximum absolute atomic E-state index is 13.1. The number of halogens is 1. The quantitative estimate of drug-likeness (QED) is 0.661. The molecule has 3 rings (SSSR count). The number of hydrazine groups is 1. The number of nitrogens with zero attached hydrogens (tertiary/aromatic N) is 2. The van der Waals surface area contributed by atoms with Gasteiger partial charge in [0.2, 0.25) is 5.91 Å². The molecule has 2 amide bonds. The molecular weight excluding hydrogens is 319 g/mol. The number of nitrogens with one attached hydrogen (secondary N) is 2. The lowest BCUT2D eigenvalue weighted by Gasteiger charge is -2.11. The maximum Gasteiger partial charge on any atom is 0.288 e. The molecule has 1 saturated carbocycles.